The van der Waals surface area contributed by atoms with Gasteiger partial charge >= 0.3 is 0 Å². The van der Waals surface area contributed by atoms with Crippen LogP contribution in [0.4, 0.5) is 5.82 Å². The molecule has 40 heavy (non-hydrogen) atoms. The number of rotatable bonds is 7. The van der Waals surface area contributed by atoms with Crippen LogP contribution in [0.5, 0.6) is 0 Å². The monoisotopic (exact) mass is 567 g/mol. The summed E-state index contributed by atoms with van der Waals surface area (Å²) in [4.78, 5) is 37.5. The van der Waals surface area contributed by atoms with Crippen LogP contribution in [0, 0.1) is 16.7 Å². The lowest BCUT2D eigenvalue weighted by Crippen LogP contribution is -2.43. The van der Waals surface area contributed by atoms with Gasteiger partial charge in [0.05, 0.1) is 17.0 Å². The molecule has 2 atom stereocenters. The quantitative estimate of drug-likeness (QED) is 0.492. The third kappa shape index (κ3) is 6.06. The van der Waals surface area contributed by atoms with Crippen LogP contribution in [0.3, 0.4) is 0 Å². The Kier molecular flexibility index (Phi) is 8.13. The molecule has 0 saturated heterocycles. The third-order valence-electron chi connectivity index (χ3n) is 8.43. The second-order valence-electron chi connectivity index (χ2n) is 12.5. The molecule has 4 rings (SSSR count). The van der Waals surface area contributed by atoms with Gasteiger partial charge < -0.3 is 10.6 Å². The Bertz CT molecular complexity index is 1450. The first-order valence-electron chi connectivity index (χ1n) is 13.9. The fourth-order valence-electron chi connectivity index (χ4n) is 5.93. The van der Waals surface area contributed by atoms with Crippen LogP contribution in [-0.4, -0.2) is 48.2 Å². The smallest absolute Gasteiger partial charge is 0.281 e. The number of pyridine rings is 2. The van der Waals surface area contributed by atoms with Gasteiger partial charge in [0, 0.05) is 24.4 Å². The van der Waals surface area contributed by atoms with E-state index in [0.717, 1.165) is 31.3 Å². The minimum Gasteiger partial charge on any atom is -0.384 e. The lowest BCUT2D eigenvalue weighted by molar-refractivity contribution is -0.140. The number of carbonyl (C=O) groups excluding carboxylic acids is 2. The Morgan fingerprint density at radius 1 is 1.18 bits per heavy atom. The summed E-state index contributed by atoms with van der Waals surface area (Å²) in [6.07, 6.45) is 5.37. The average Bonchev–Trinajstić information content (AvgIpc) is 3.19. The minimum absolute atomic E-state index is 0.0410. The maximum Gasteiger partial charge on any atom is 0.281 e. The topological polar surface area (TPSA) is 135 Å². The maximum atomic E-state index is 13.5. The molecule has 10 heteroatoms. The van der Waals surface area contributed by atoms with Crippen molar-refractivity contribution in [3.05, 3.63) is 53.4 Å². The highest BCUT2D eigenvalue weighted by Gasteiger charge is 2.42. The zero-order valence-corrected chi connectivity index (χ0v) is 25.1. The number of nitrogens with zero attached hydrogens (tertiary/aromatic N) is 3. The van der Waals surface area contributed by atoms with E-state index in [2.05, 4.69) is 36.6 Å². The number of hydrogen-bond donors (Lipinski definition) is 2. The van der Waals surface area contributed by atoms with Crippen LogP contribution in [0.2, 0.25) is 0 Å². The van der Waals surface area contributed by atoms with Crippen molar-refractivity contribution < 1.29 is 18.0 Å². The number of nitrogen functional groups attached to an aromatic ring is 1. The Labute approximate surface area is 237 Å². The second kappa shape index (κ2) is 11.0. The zero-order valence-electron chi connectivity index (χ0n) is 24.3. The molecule has 0 aromatic carbocycles. The van der Waals surface area contributed by atoms with Crippen molar-refractivity contribution in [3.8, 4) is 0 Å². The molecule has 2 aromatic rings. The summed E-state index contributed by atoms with van der Waals surface area (Å²) < 4.78 is 28.1. The molecule has 2 aromatic heterocycles. The van der Waals surface area contributed by atoms with Gasteiger partial charge in [-0.05, 0) is 66.9 Å². The fourth-order valence-corrected chi connectivity index (χ4v) is 6.87. The minimum atomic E-state index is -4.25. The highest BCUT2D eigenvalue weighted by atomic mass is 32.2. The largest absolute Gasteiger partial charge is 0.384 e. The highest BCUT2D eigenvalue weighted by Crippen LogP contribution is 2.51. The summed E-state index contributed by atoms with van der Waals surface area (Å²) in [7, 11) is -4.25. The zero-order chi connectivity index (χ0) is 29.5. The molecule has 0 bridgehead atoms. The number of sulfonamides is 1. The van der Waals surface area contributed by atoms with Crippen LogP contribution in [0.15, 0.2) is 41.4 Å². The van der Waals surface area contributed by atoms with Gasteiger partial charge in [-0.3, -0.25) is 14.6 Å². The number of nitrogens with two attached hydrogens (primary N) is 1. The van der Waals surface area contributed by atoms with Gasteiger partial charge in [0.2, 0.25) is 5.91 Å². The number of carbonyl (C=O) groups is 2. The van der Waals surface area contributed by atoms with Crippen molar-refractivity contribution in [2.45, 2.75) is 78.2 Å². The predicted molar refractivity (Wildman–Crippen MR) is 156 cm³/mol. The molecule has 1 aliphatic carbocycles. The van der Waals surface area contributed by atoms with Gasteiger partial charge in [0.25, 0.3) is 15.9 Å². The Morgan fingerprint density at radius 3 is 2.52 bits per heavy atom. The van der Waals surface area contributed by atoms with Crippen molar-refractivity contribution in [1.29, 1.82) is 0 Å². The van der Waals surface area contributed by atoms with Crippen molar-refractivity contribution in [2.75, 3.05) is 18.8 Å². The first-order valence-corrected chi connectivity index (χ1v) is 15.4. The van der Waals surface area contributed by atoms with Gasteiger partial charge in [-0.25, -0.2) is 9.71 Å². The van der Waals surface area contributed by atoms with E-state index >= 15 is 0 Å². The van der Waals surface area contributed by atoms with Crippen molar-refractivity contribution >= 4 is 33.2 Å². The lowest BCUT2D eigenvalue weighted by atomic mass is 9.78. The second-order valence-corrected chi connectivity index (χ2v) is 14.2. The van der Waals surface area contributed by atoms with Gasteiger partial charge in [-0.15, -0.1) is 0 Å². The SMILES string of the molecule is CCC(C)(C)C(=O)N1CCC=C(c2ccc(C(=O)NS(=O)(=O)c3cccc(N)n3)c(C3C[C@@H](C)CC3(C)C)n2)C1. The van der Waals surface area contributed by atoms with Crippen molar-refractivity contribution in [3.63, 3.8) is 0 Å². The van der Waals surface area contributed by atoms with E-state index in [4.69, 9.17) is 10.7 Å². The average molecular weight is 568 g/mol. The van der Waals surface area contributed by atoms with Crippen LogP contribution >= 0.6 is 0 Å². The normalized spacial score (nSPS) is 21.1. The van der Waals surface area contributed by atoms with Crippen molar-refractivity contribution in [1.82, 2.24) is 19.6 Å². The van der Waals surface area contributed by atoms with E-state index in [9.17, 15) is 18.0 Å². The first-order chi connectivity index (χ1) is 18.6. The van der Waals surface area contributed by atoms with Crippen LogP contribution in [0.1, 0.15) is 94.9 Å². The molecule has 9 nitrogen and oxygen atoms in total. The highest BCUT2D eigenvalue weighted by molar-refractivity contribution is 7.90. The third-order valence-corrected chi connectivity index (χ3v) is 9.67. The summed E-state index contributed by atoms with van der Waals surface area (Å²) in [5, 5.41) is -0.325. The maximum absolute atomic E-state index is 13.5. The standard InChI is InChI=1S/C30H41N5O4S/c1-7-29(3,4)28(37)35-15-9-10-20(18-35)23-14-13-21(26(32-23)22-16-19(2)17-30(22,5)6)27(36)34-40(38,39)25-12-8-11-24(31)33-25/h8,10-14,19,22H,7,9,15-18H2,1-6H3,(H2,31,33)(H,34,36)/t19-,22?/m1/s1. The van der Waals surface area contributed by atoms with E-state index in [-0.39, 0.29) is 33.6 Å². The van der Waals surface area contributed by atoms with Gasteiger partial charge in [0.1, 0.15) is 5.82 Å². The number of nitrogens with one attached hydrogen (secondary N) is 1. The van der Waals surface area contributed by atoms with Crippen LogP contribution in [0.25, 0.3) is 5.57 Å². The summed E-state index contributed by atoms with van der Waals surface area (Å²) >= 11 is 0. The van der Waals surface area contributed by atoms with E-state index in [1.54, 1.807) is 12.1 Å². The molecule has 3 N–H and O–H groups in total. The molecule has 1 unspecified atom stereocenters. The number of amides is 2. The Balaban J connectivity index is 1.71. The lowest BCUT2D eigenvalue weighted by Gasteiger charge is -2.34. The van der Waals surface area contributed by atoms with E-state index < -0.39 is 21.3 Å². The van der Waals surface area contributed by atoms with E-state index in [0.29, 0.717) is 30.4 Å². The molecule has 2 aliphatic rings. The molecule has 3 heterocycles. The summed E-state index contributed by atoms with van der Waals surface area (Å²) in [6.45, 7) is 13.6. The number of aromatic nitrogens is 2. The molecule has 0 spiro atoms. The molecule has 1 saturated carbocycles. The molecular formula is C30H41N5O4S. The molecule has 1 fully saturated rings. The summed E-state index contributed by atoms with van der Waals surface area (Å²) in [6, 6.07) is 7.65. The van der Waals surface area contributed by atoms with Crippen LogP contribution in [-0.2, 0) is 14.8 Å². The van der Waals surface area contributed by atoms with Crippen LogP contribution < -0.4 is 10.5 Å². The van der Waals surface area contributed by atoms with E-state index in [1.807, 2.05) is 25.7 Å². The predicted octanol–water partition coefficient (Wildman–Crippen LogP) is 4.77. The fraction of sp³-hybridized carbons (Fsp3) is 0.533. The molecule has 1 aliphatic heterocycles. The van der Waals surface area contributed by atoms with Gasteiger partial charge in [-0.1, -0.05) is 53.7 Å². The van der Waals surface area contributed by atoms with Crippen molar-refractivity contribution in [2.24, 2.45) is 16.7 Å². The molecule has 216 valence electrons. The molecule has 0 radical (unpaired) electrons. The van der Waals surface area contributed by atoms with Gasteiger partial charge in [-0.2, -0.15) is 8.42 Å². The summed E-state index contributed by atoms with van der Waals surface area (Å²) in [5.74, 6) is -0.216. The first kappa shape index (κ1) is 29.7. The van der Waals surface area contributed by atoms with E-state index in [1.165, 1.54) is 18.2 Å². The van der Waals surface area contributed by atoms with Gasteiger partial charge in [0.15, 0.2) is 5.03 Å². The summed E-state index contributed by atoms with van der Waals surface area (Å²) in [5.41, 5.74) is 7.52. The number of hydrogen-bond acceptors (Lipinski definition) is 7. The Morgan fingerprint density at radius 2 is 1.90 bits per heavy atom. The number of anilines is 1. The Hall–Kier alpha value is -3.27. The molecular weight excluding hydrogens is 526 g/mol. The molecule has 2 amide bonds.